The number of hydrogen-bond acceptors (Lipinski definition) is 4. The quantitative estimate of drug-likeness (QED) is 0.533. The highest BCUT2D eigenvalue weighted by Crippen LogP contribution is 2.52. The van der Waals surface area contributed by atoms with Crippen LogP contribution in [0.25, 0.3) is 0 Å². The van der Waals surface area contributed by atoms with Gasteiger partial charge in [0.15, 0.2) is 9.84 Å². The SMILES string of the molecule is O=C1CS(=O)(=O)[C@@]2(C(=O)N(Cc3cccc(F)c3)c3ccccc32)N1c1ccc(Br)cc1. The Kier molecular flexibility index (Phi) is 4.72. The normalized spacial score (nSPS) is 21.4. The van der Waals surface area contributed by atoms with Crippen molar-refractivity contribution in [2.45, 2.75) is 11.4 Å². The minimum absolute atomic E-state index is 0.0345. The van der Waals surface area contributed by atoms with E-state index in [2.05, 4.69) is 15.9 Å². The third kappa shape index (κ3) is 2.84. The molecule has 1 saturated heterocycles. The Bertz CT molecular complexity index is 1380. The molecule has 0 unspecified atom stereocenters. The predicted octanol–water partition coefficient (Wildman–Crippen LogP) is 3.75. The first-order chi connectivity index (χ1) is 15.3. The molecule has 0 saturated carbocycles. The van der Waals surface area contributed by atoms with E-state index in [1.54, 1.807) is 54.6 Å². The number of halogens is 2. The van der Waals surface area contributed by atoms with Gasteiger partial charge in [0.2, 0.25) is 5.91 Å². The Balaban J connectivity index is 1.73. The van der Waals surface area contributed by atoms with E-state index in [0.717, 1.165) is 9.37 Å². The van der Waals surface area contributed by atoms with Gasteiger partial charge in [-0.3, -0.25) is 14.5 Å². The summed E-state index contributed by atoms with van der Waals surface area (Å²) in [6.45, 7) is -0.0345. The smallest absolute Gasteiger partial charge is 0.274 e. The van der Waals surface area contributed by atoms with Gasteiger partial charge in [0.1, 0.15) is 11.6 Å². The molecule has 0 radical (unpaired) electrons. The highest BCUT2D eigenvalue weighted by molar-refractivity contribution is 9.10. The van der Waals surface area contributed by atoms with Crippen molar-refractivity contribution in [1.82, 2.24) is 0 Å². The second-order valence-corrected chi connectivity index (χ2v) is 10.7. The molecule has 162 valence electrons. The van der Waals surface area contributed by atoms with Crippen LogP contribution in [0.4, 0.5) is 15.8 Å². The van der Waals surface area contributed by atoms with Gasteiger partial charge < -0.3 is 4.90 Å². The minimum atomic E-state index is -4.24. The number of amides is 2. The first-order valence-corrected chi connectivity index (χ1v) is 12.2. The average molecular weight is 515 g/mol. The number of carbonyl (C=O) groups excluding carboxylic acids is 2. The second-order valence-electron chi connectivity index (χ2n) is 7.65. The molecule has 3 aromatic carbocycles. The van der Waals surface area contributed by atoms with Crippen molar-refractivity contribution < 1.29 is 22.4 Å². The van der Waals surface area contributed by atoms with Gasteiger partial charge in [0.25, 0.3) is 10.8 Å². The van der Waals surface area contributed by atoms with Crippen molar-refractivity contribution in [3.63, 3.8) is 0 Å². The summed E-state index contributed by atoms with van der Waals surface area (Å²) in [7, 11) is -4.24. The van der Waals surface area contributed by atoms with E-state index in [1.807, 2.05) is 0 Å². The lowest BCUT2D eigenvalue weighted by molar-refractivity contribution is -0.123. The van der Waals surface area contributed by atoms with E-state index in [0.29, 0.717) is 16.9 Å². The number of carbonyl (C=O) groups is 2. The Hall–Kier alpha value is -3.04. The van der Waals surface area contributed by atoms with E-state index < -0.39 is 38.1 Å². The molecule has 2 aliphatic heterocycles. The van der Waals surface area contributed by atoms with E-state index in [-0.39, 0.29) is 12.1 Å². The zero-order valence-electron chi connectivity index (χ0n) is 16.5. The highest BCUT2D eigenvalue weighted by atomic mass is 79.9. The first-order valence-electron chi connectivity index (χ1n) is 9.72. The average Bonchev–Trinajstić information content (AvgIpc) is 3.12. The Morgan fingerprint density at radius 3 is 2.41 bits per heavy atom. The maximum atomic E-state index is 13.9. The molecule has 0 N–H and O–H groups in total. The first kappa shape index (κ1) is 20.8. The van der Waals surface area contributed by atoms with Crippen LogP contribution in [-0.4, -0.2) is 26.0 Å². The molecule has 32 heavy (non-hydrogen) atoms. The predicted molar refractivity (Wildman–Crippen MR) is 121 cm³/mol. The van der Waals surface area contributed by atoms with Gasteiger partial charge in [-0.1, -0.05) is 46.3 Å². The molecule has 1 atom stereocenters. The molecule has 0 bridgehead atoms. The molecule has 9 heteroatoms. The molecule has 0 aliphatic carbocycles. The number of fused-ring (bicyclic) bond motifs is 2. The summed E-state index contributed by atoms with van der Waals surface area (Å²) in [6, 6.07) is 18.8. The number of anilines is 2. The molecular weight excluding hydrogens is 499 g/mol. The zero-order chi connectivity index (χ0) is 22.7. The van der Waals surface area contributed by atoms with Crippen molar-refractivity contribution in [3.05, 3.63) is 94.2 Å². The lowest BCUT2D eigenvalue weighted by atomic mass is 10.0. The number of para-hydroxylation sites is 1. The number of hydrogen-bond donors (Lipinski definition) is 0. The summed E-state index contributed by atoms with van der Waals surface area (Å²) < 4.78 is 41.5. The van der Waals surface area contributed by atoms with Crippen LogP contribution in [0.15, 0.2) is 77.3 Å². The maximum absolute atomic E-state index is 13.9. The largest absolute Gasteiger partial charge is 0.304 e. The van der Waals surface area contributed by atoms with Crippen molar-refractivity contribution in [3.8, 4) is 0 Å². The summed E-state index contributed by atoms with van der Waals surface area (Å²) >= 11 is 3.33. The Morgan fingerprint density at radius 2 is 1.69 bits per heavy atom. The van der Waals surface area contributed by atoms with Crippen molar-refractivity contribution in [2.75, 3.05) is 15.6 Å². The fourth-order valence-electron chi connectivity index (χ4n) is 4.46. The van der Waals surface area contributed by atoms with E-state index in [9.17, 15) is 22.4 Å². The van der Waals surface area contributed by atoms with Gasteiger partial charge in [-0.2, -0.15) is 0 Å². The Labute approximate surface area is 192 Å². The third-order valence-electron chi connectivity index (χ3n) is 5.74. The van der Waals surface area contributed by atoms with Crippen LogP contribution < -0.4 is 9.80 Å². The van der Waals surface area contributed by atoms with Gasteiger partial charge >= 0.3 is 0 Å². The van der Waals surface area contributed by atoms with Crippen LogP contribution in [0.3, 0.4) is 0 Å². The molecule has 2 aliphatic rings. The molecule has 2 heterocycles. The topological polar surface area (TPSA) is 74.8 Å². The van der Waals surface area contributed by atoms with Gasteiger partial charge in [0, 0.05) is 15.7 Å². The number of benzene rings is 3. The van der Waals surface area contributed by atoms with Crippen LogP contribution in [-0.2, 0) is 30.8 Å². The second kappa shape index (κ2) is 7.25. The summed E-state index contributed by atoms with van der Waals surface area (Å²) in [5.41, 5.74) is 1.40. The molecule has 1 fully saturated rings. The monoisotopic (exact) mass is 514 g/mol. The molecular formula is C23H16BrFN2O4S. The molecule has 0 aromatic heterocycles. The third-order valence-corrected chi connectivity index (χ3v) is 8.37. The number of sulfone groups is 1. The zero-order valence-corrected chi connectivity index (χ0v) is 18.9. The summed E-state index contributed by atoms with van der Waals surface area (Å²) in [4.78, 5) is 27.1. The lowest BCUT2D eigenvalue weighted by Gasteiger charge is -2.32. The van der Waals surface area contributed by atoms with Gasteiger partial charge in [-0.05, 0) is 48.0 Å². The van der Waals surface area contributed by atoms with Gasteiger partial charge in [-0.25, -0.2) is 12.8 Å². The van der Waals surface area contributed by atoms with Crippen molar-refractivity contribution >= 4 is 49.0 Å². The van der Waals surface area contributed by atoms with Gasteiger partial charge in [0.05, 0.1) is 12.2 Å². The van der Waals surface area contributed by atoms with Gasteiger partial charge in [-0.15, -0.1) is 0 Å². The highest BCUT2D eigenvalue weighted by Gasteiger charge is 2.69. The van der Waals surface area contributed by atoms with Crippen LogP contribution >= 0.6 is 15.9 Å². The van der Waals surface area contributed by atoms with Crippen LogP contribution in [0.2, 0.25) is 0 Å². The van der Waals surface area contributed by atoms with Crippen LogP contribution in [0.5, 0.6) is 0 Å². The molecule has 2 amide bonds. The maximum Gasteiger partial charge on any atom is 0.274 e. The molecule has 1 spiro atoms. The van der Waals surface area contributed by atoms with Crippen molar-refractivity contribution in [2.24, 2.45) is 0 Å². The summed E-state index contributed by atoms with van der Waals surface area (Å²) in [6.07, 6.45) is 0. The Morgan fingerprint density at radius 1 is 0.969 bits per heavy atom. The number of nitrogens with zero attached hydrogens (tertiary/aromatic N) is 2. The van der Waals surface area contributed by atoms with E-state index in [1.165, 1.54) is 23.1 Å². The lowest BCUT2D eigenvalue weighted by Crippen LogP contribution is -2.54. The summed E-state index contributed by atoms with van der Waals surface area (Å²) in [5.74, 6) is -2.67. The molecule has 6 nitrogen and oxygen atoms in total. The fourth-order valence-corrected chi connectivity index (χ4v) is 6.75. The van der Waals surface area contributed by atoms with E-state index in [4.69, 9.17) is 0 Å². The molecule has 3 aromatic rings. The standard InChI is InChI=1S/C23H16BrFN2O4S/c24-16-8-10-18(11-9-16)27-21(28)14-32(30,31)23(27)19-6-1-2-7-20(19)26(22(23)29)13-15-4-3-5-17(25)12-15/h1-12H,13-14H2/t23-/m0/s1. The van der Waals surface area contributed by atoms with Crippen molar-refractivity contribution in [1.29, 1.82) is 0 Å². The fraction of sp³-hybridized carbons (Fsp3) is 0.130. The molecule has 5 rings (SSSR count). The summed E-state index contributed by atoms with van der Waals surface area (Å²) in [5, 5.41) is 0. The minimum Gasteiger partial charge on any atom is -0.304 e. The van der Waals surface area contributed by atoms with E-state index >= 15 is 0 Å². The number of rotatable bonds is 3. The van der Waals surface area contributed by atoms with Crippen LogP contribution in [0.1, 0.15) is 11.1 Å². The van der Waals surface area contributed by atoms with Crippen LogP contribution in [0, 0.1) is 5.82 Å².